The van der Waals surface area contributed by atoms with Gasteiger partial charge in [0.1, 0.15) is 0 Å². The van der Waals surface area contributed by atoms with Crippen molar-refractivity contribution in [1.82, 2.24) is 5.27 Å². The van der Waals surface area contributed by atoms with Gasteiger partial charge in [0.05, 0.1) is 0 Å². The summed E-state index contributed by atoms with van der Waals surface area (Å²) < 4.78 is 6.25. The molecule has 0 aliphatic rings. The van der Waals surface area contributed by atoms with Crippen LogP contribution in [0.25, 0.3) is 16.8 Å². The summed E-state index contributed by atoms with van der Waals surface area (Å²) in [6.07, 6.45) is 10.6. The number of aromatic nitrogens is 2. The van der Waals surface area contributed by atoms with E-state index in [0.717, 1.165) is 17.7 Å². The standard InChI is InChI=1S/C22H26N2O2/c1-2-3-4-5-6-7-8-18-9-11-19(12-10-18)20-13-15-21(16-14-20)24-17-22(25)26-23-24/h9-17H,2-8H2,1H3/p+1. The Kier molecular flexibility index (Phi) is 6.42. The van der Waals surface area contributed by atoms with E-state index in [9.17, 15) is 4.79 Å². The number of nitrogens with one attached hydrogen (secondary N) is 1. The van der Waals surface area contributed by atoms with Gasteiger partial charge in [-0.2, -0.15) is 0 Å². The molecule has 1 aromatic heterocycles. The predicted octanol–water partition coefficient (Wildman–Crippen LogP) is 4.81. The van der Waals surface area contributed by atoms with Crippen LogP contribution in [0.2, 0.25) is 0 Å². The maximum Gasteiger partial charge on any atom is 0.427 e. The Labute approximate surface area is 154 Å². The Morgan fingerprint density at radius 2 is 1.46 bits per heavy atom. The normalized spacial score (nSPS) is 11.0. The van der Waals surface area contributed by atoms with E-state index in [-0.39, 0.29) is 0 Å². The number of hydrogen-bond acceptors (Lipinski definition) is 2. The number of H-pyrrole nitrogens is 1. The number of unbranched alkanes of at least 4 members (excludes halogenated alkanes) is 5. The number of aryl methyl sites for hydroxylation is 1. The van der Waals surface area contributed by atoms with Crippen molar-refractivity contribution in [3.05, 3.63) is 70.7 Å². The molecule has 0 fully saturated rings. The summed E-state index contributed by atoms with van der Waals surface area (Å²) in [6, 6.07) is 16.9. The first-order valence-electron chi connectivity index (χ1n) is 9.56. The van der Waals surface area contributed by atoms with Crippen molar-refractivity contribution >= 4 is 0 Å². The monoisotopic (exact) mass is 351 g/mol. The molecule has 1 heterocycles. The molecule has 0 radical (unpaired) electrons. The third-order valence-electron chi connectivity index (χ3n) is 4.73. The van der Waals surface area contributed by atoms with Crippen LogP contribution in [-0.4, -0.2) is 5.27 Å². The Bertz CT molecular complexity index is 845. The summed E-state index contributed by atoms with van der Waals surface area (Å²) in [5.74, 6) is 0. The van der Waals surface area contributed by atoms with Crippen molar-refractivity contribution in [2.45, 2.75) is 51.9 Å². The van der Waals surface area contributed by atoms with Crippen LogP contribution in [0.15, 0.2) is 64.0 Å². The van der Waals surface area contributed by atoms with Crippen LogP contribution in [0.4, 0.5) is 0 Å². The SMILES string of the molecule is CCCCCCCCc1ccc(-c2ccc(-[n+]3cc(=O)o[nH]3)cc2)cc1. The molecule has 0 atom stereocenters. The molecule has 0 aliphatic carbocycles. The fourth-order valence-corrected chi connectivity index (χ4v) is 3.17. The van der Waals surface area contributed by atoms with Crippen molar-refractivity contribution in [2.24, 2.45) is 0 Å². The Balaban J connectivity index is 1.55. The van der Waals surface area contributed by atoms with Crippen LogP contribution in [0.1, 0.15) is 51.0 Å². The van der Waals surface area contributed by atoms with Crippen LogP contribution < -0.4 is 10.3 Å². The van der Waals surface area contributed by atoms with Gasteiger partial charge in [0.2, 0.25) is 5.69 Å². The number of nitrogens with zero attached hydrogens (tertiary/aromatic N) is 1. The van der Waals surface area contributed by atoms with Crippen LogP contribution in [0, 0.1) is 0 Å². The lowest BCUT2D eigenvalue weighted by Crippen LogP contribution is -2.31. The third-order valence-corrected chi connectivity index (χ3v) is 4.73. The molecule has 0 amide bonds. The van der Waals surface area contributed by atoms with Crippen LogP contribution in [0.5, 0.6) is 0 Å². The molecule has 1 N–H and O–H groups in total. The van der Waals surface area contributed by atoms with Gasteiger partial charge in [-0.05, 0) is 51.6 Å². The molecule has 0 aliphatic heterocycles. The molecule has 3 aromatic rings. The van der Waals surface area contributed by atoms with E-state index in [1.165, 1.54) is 55.8 Å². The zero-order chi connectivity index (χ0) is 18.2. The molecule has 0 unspecified atom stereocenters. The molecule has 26 heavy (non-hydrogen) atoms. The van der Waals surface area contributed by atoms with Crippen LogP contribution in [-0.2, 0) is 6.42 Å². The average molecular weight is 351 g/mol. The first kappa shape index (κ1) is 18.2. The maximum absolute atomic E-state index is 11.1. The number of hydrogen-bond donors (Lipinski definition) is 1. The fraction of sp³-hybridized carbons (Fsp3) is 0.364. The number of aromatic amines is 1. The molecule has 4 heteroatoms. The third kappa shape index (κ3) is 4.94. The quantitative estimate of drug-likeness (QED) is 0.444. The molecule has 2 aromatic carbocycles. The Hall–Kier alpha value is -2.62. The second-order valence-corrected chi connectivity index (χ2v) is 6.77. The molecular formula is C22H27N2O2+. The van der Waals surface area contributed by atoms with Gasteiger partial charge < -0.3 is 0 Å². The van der Waals surface area contributed by atoms with Crippen molar-refractivity contribution in [3.63, 3.8) is 0 Å². The summed E-state index contributed by atoms with van der Waals surface area (Å²) >= 11 is 0. The maximum atomic E-state index is 11.1. The second-order valence-electron chi connectivity index (χ2n) is 6.77. The lowest BCUT2D eigenvalue weighted by Gasteiger charge is -2.05. The Morgan fingerprint density at radius 3 is 2.08 bits per heavy atom. The van der Waals surface area contributed by atoms with Gasteiger partial charge in [-0.15, -0.1) is 0 Å². The van der Waals surface area contributed by atoms with Crippen LogP contribution >= 0.6 is 0 Å². The molecule has 0 spiro atoms. The van der Waals surface area contributed by atoms with E-state index < -0.39 is 5.63 Å². The average Bonchev–Trinajstić information content (AvgIpc) is 3.12. The summed E-state index contributed by atoms with van der Waals surface area (Å²) in [5.41, 5.74) is 4.24. The largest absolute Gasteiger partial charge is 0.427 e. The molecule has 0 saturated heterocycles. The smallest absolute Gasteiger partial charge is 0.283 e. The van der Waals surface area contributed by atoms with Crippen LogP contribution in [0.3, 0.4) is 0 Å². The van der Waals surface area contributed by atoms with Gasteiger partial charge in [0.15, 0.2) is 0 Å². The van der Waals surface area contributed by atoms with Crippen molar-refractivity contribution < 1.29 is 9.20 Å². The molecule has 0 bridgehead atoms. The molecule has 0 saturated carbocycles. The zero-order valence-corrected chi connectivity index (χ0v) is 15.4. The van der Waals surface area contributed by atoms with E-state index >= 15 is 0 Å². The summed E-state index contributed by atoms with van der Waals surface area (Å²) in [4.78, 5) is 11.1. The van der Waals surface area contributed by atoms with E-state index in [0.29, 0.717) is 0 Å². The van der Waals surface area contributed by atoms with E-state index in [1.54, 1.807) is 4.68 Å². The van der Waals surface area contributed by atoms with Gasteiger partial charge in [0, 0.05) is 12.1 Å². The van der Waals surface area contributed by atoms with E-state index in [2.05, 4.69) is 53.1 Å². The minimum absolute atomic E-state index is 0.393. The van der Waals surface area contributed by atoms with Crippen molar-refractivity contribution in [1.29, 1.82) is 0 Å². The summed E-state index contributed by atoms with van der Waals surface area (Å²) in [6.45, 7) is 2.26. The zero-order valence-electron chi connectivity index (χ0n) is 15.4. The molecule has 136 valence electrons. The molecule has 3 rings (SSSR count). The first-order chi connectivity index (χ1) is 12.8. The summed E-state index contributed by atoms with van der Waals surface area (Å²) in [5, 5.41) is 2.55. The number of benzene rings is 2. The lowest BCUT2D eigenvalue weighted by molar-refractivity contribution is -0.670. The minimum Gasteiger partial charge on any atom is -0.283 e. The lowest BCUT2D eigenvalue weighted by atomic mass is 10.0. The van der Waals surface area contributed by atoms with Gasteiger partial charge >= 0.3 is 5.63 Å². The molecule has 4 nitrogen and oxygen atoms in total. The first-order valence-corrected chi connectivity index (χ1v) is 9.56. The highest BCUT2D eigenvalue weighted by Gasteiger charge is 2.10. The minimum atomic E-state index is -0.393. The van der Waals surface area contributed by atoms with E-state index in [1.807, 2.05) is 12.1 Å². The van der Waals surface area contributed by atoms with Crippen molar-refractivity contribution in [2.75, 3.05) is 0 Å². The highest BCUT2D eigenvalue weighted by Crippen LogP contribution is 2.21. The van der Waals surface area contributed by atoms with Gasteiger partial charge in [-0.3, -0.25) is 4.52 Å². The summed E-state index contributed by atoms with van der Waals surface area (Å²) in [7, 11) is 0. The highest BCUT2D eigenvalue weighted by molar-refractivity contribution is 5.64. The second kappa shape index (κ2) is 9.18. The highest BCUT2D eigenvalue weighted by atomic mass is 16.5. The van der Waals surface area contributed by atoms with Crippen molar-refractivity contribution in [3.8, 4) is 16.8 Å². The predicted molar refractivity (Wildman–Crippen MR) is 103 cm³/mol. The number of rotatable bonds is 9. The van der Waals surface area contributed by atoms with Gasteiger partial charge in [-0.1, -0.05) is 63.3 Å². The molecular weight excluding hydrogens is 324 g/mol. The van der Waals surface area contributed by atoms with E-state index in [4.69, 9.17) is 0 Å². The topological polar surface area (TPSA) is 49.9 Å². The Morgan fingerprint density at radius 1 is 0.846 bits per heavy atom. The van der Waals surface area contributed by atoms with Gasteiger partial charge in [0.25, 0.3) is 6.20 Å². The van der Waals surface area contributed by atoms with Gasteiger partial charge in [-0.25, -0.2) is 4.79 Å². The fourth-order valence-electron chi connectivity index (χ4n) is 3.17.